The summed E-state index contributed by atoms with van der Waals surface area (Å²) in [6, 6.07) is 7.73. The molecule has 0 radical (unpaired) electrons. The molecule has 2 aliphatic rings. The van der Waals surface area contributed by atoms with Gasteiger partial charge in [0.2, 0.25) is 0 Å². The SMILES string of the molecule is Cc1cncc(C(=O)N2CC3(C2)OCC[C@@H]3CCOCc2ccccn2)c1. The second-order valence-electron chi connectivity index (χ2n) is 7.47. The minimum Gasteiger partial charge on any atom is -0.375 e. The van der Waals surface area contributed by atoms with Crippen LogP contribution in [0.5, 0.6) is 0 Å². The highest BCUT2D eigenvalue weighted by Gasteiger charge is 2.54. The predicted molar refractivity (Wildman–Crippen MR) is 100 cm³/mol. The summed E-state index contributed by atoms with van der Waals surface area (Å²) >= 11 is 0. The highest BCUT2D eigenvalue weighted by atomic mass is 16.5. The average Bonchev–Trinajstić information content (AvgIpc) is 3.08. The molecule has 0 aliphatic carbocycles. The van der Waals surface area contributed by atoms with E-state index < -0.39 is 0 Å². The third-order valence-electron chi connectivity index (χ3n) is 5.51. The number of carbonyl (C=O) groups excluding carboxylic acids is 1. The molecule has 27 heavy (non-hydrogen) atoms. The topological polar surface area (TPSA) is 64.6 Å². The number of hydrogen-bond donors (Lipinski definition) is 0. The van der Waals surface area contributed by atoms with Crippen molar-refractivity contribution < 1.29 is 14.3 Å². The van der Waals surface area contributed by atoms with Gasteiger partial charge in [-0.15, -0.1) is 0 Å². The van der Waals surface area contributed by atoms with Crippen LogP contribution in [-0.4, -0.2) is 52.7 Å². The van der Waals surface area contributed by atoms with Crippen LogP contribution in [0.3, 0.4) is 0 Å². The molecule has 0 saturated carbocycles. The van der Waals surface area contributed by atoms with E-state index in [0.717, 1.165) is 30.7 Å². The Kier molecular flexibility index (Phi) is 5.18. The summed E-state index contributed by atoms with van der Waals surface area (Å²) in [7, 11) is 0. The Bertz CT molecular complexity index is 790. The smallest absolute Gasteiger partial charge is 0.255 e. The number of likely N-dealkylation sites (tertiary alicyclic amines) is 1. The Labute approximate surface area is 159 Å². The highest BCUT2D eigenvalue weighted by molar-refractivity contribution is 5.94. The first kappa shape index (κ1) is 18.1. The van der Waals surface area contributed by atoms with Crippen LogP contribution in [0.15, 0.2) is 42.9 Å². The van der Waals surface area contributed by atoms with Crippen LogP contribution in [0.1, 0.15) is 34.5 Å². The Morgan fingerprint density at radius 3 is 3.04 bits per heavy atom. The van der Waals surface area contributed by atoms with E-state index in [2.05, 4.69) is 9.97 Å². The average molecular weight is 367 g/mol. The van der Waals surface area contributed by atoms with E-state index in [-0.39, 0.29) is 11.5 Å². The van der Waals surface area contributed by atoms with Gasteiger partial charge in [-0.1, -0.05) is 6.07 Å². The molecular formula is C21H25N3O3. The normalized spacial score (nSPS) is 20.6. The van der Waals surface area contributed by atoms with Gasteiger partial charge in [0.15, 0.2) is 0 Å². The van der Waals surface area contributed by atoms with Gasteiger partial charge in [-0.2, -0.15) is 0 Å². The van der Waals surface area contributed by atoms with Crippen LogP contribution < -0.4 is 0 Å². The summed E-state index contributed by atoms with van der Waals surface area (Å²) in [6.45, 7) is 5.24. The van der Waals surface area contributed by atoms with E-state index in [1.165, 1.54) is 0 Å². The summed E-state index contributed by atoms with van der Waals surface area (Å²) in [5.41, 5.74) is 2.40. The van der Waals surface area contributed by atoms with E-state index in [1.54, 1.807) is 18.6 Å². The van der Waals surface area contributed by atoms with Crippen molar-refractivity contribution in [1.29, 1.82) is 0 Å². The van der Waals surface area contributed by atoms with Crippen LogP contribution in [0.4, 0.5) is 0 Å². The van der Waals surface area contributed by atoms with Crippen molar-refractivity contribution in [1.82, 2.24) is 14.9 Å². The zero-order valence-electron chi connectivity index (χ0n) is 15.6. The summed E-state index contributed by atoms with van der Waals surface area (Å²) < 4.78 is 11.9. The van der Waals surface area contributed by atoms with Crippen molar-refractivity contribution in [3.63, 3.8) is 0 Å². The van der Waals surface area contributed by atoms with Crippen molar-refractivity contribution in [2.24, 2.45) is 5.92 Å². The molecule has 0 aromatic carbocycles. The Balaban J connectivity index is 1.27. The number of nitrogens with zero attached hydrogens (tertiary/aromatic N) is 3. The number of aromatic nitrogens is 2. The molecule has 1 atom stereocenters. The standard InChI is InChI=1S/C21H25N3O3/c1-16-10-17(12-22-11-16)20(25)24-14-21(15-24)18(6-9-27-21)5-8-26-13-19-4-2-3-7-23-19/h2-4,7,10-12,18H,5-6,8-9,13-15H2,1H3/t18-/m0/s1. The zero-order valence-corrected chi connectivity index (χ0v) is 15.6. The zero-order chi connectivity index (χ0) is 18.7. The van der Waals surface area contributed by atoms with Gasteiger partial charge in [0.1, 0.15) is 5.60 Å². The van der Waals surface area contributed by atoms with Gasteiger partial charge in [-0.3, -0.25) is 14.8 Å². The van der Waals surface area contributed by atoms with Crippen molar-refractivity contribution in [2.45, 2.75) is 32.0 Å². The first-order valence-electron chi connectivity index (χ1n) is 9.49. The summed E-state index contributed by atoms with van der Waals surface area (Å²) in [5, 5.41) is 0. The van der Waals surface area contributed by atoms with Crippen molar-refractivity contribution >= 4 is 5.91 Å². The van der Waals surface area contributed by atoms with Gasteiger partial charge >= 0.3 is 0 Å². The quantitative estimate of drug-likeness (QED) is 0.735. The van der Waals surface area contributed by atoms with Crippen LogP contribution >= 0.6 is 0 Å². The van der Waals surface area contributed by atoms with Crippen LogP contribution in [-0.2, 0) is 16.1 Å². The van der Waals surface area contributed by atoms with Gasteiger partial charge in [-0.25, -0.2) is 0 Å². The lowest BCUT2D eigenvalue weighted by atomic mass is 9.79. The number of amides is 1. The molecule has 4 heterocycles. The maximum Gasteiger partial charge on any atom is 0.255 e. The Morgan fingerprint density at radius 1 is 1.37 bits per heavy atom. The number of rotatable bonds is 6. The molecule has 2 saturated heterocycles. The van der Waals surface area contributed by atoms with Crippen LogP contribution in [0.2, 0.25) is 0 Å². The lowest BCUT2D eigenvalue weighted by Crippen LogP contribution is -2.66. The first-order valence-corrected chi connectivity index (χ1v) is 9.49. The van der Waals surface area contributed by atoms with E-state index in [4.69, 9.17) is 9.47 Å². The maximum absolute atomic E-state index is 12.6. The molecule has 1 spiro atoms. The molecule has 1 amide bonds. The van der Waals surface area contributed by atoms with Gasteiger partial charge in [0.05, 0.1) is 31.0 Å². The maximum atomic E-state index is 12.6. The van der Waals surface area contributed by atoms with Gasteiger partial charge in [-0.05, 0) is 49.4 Å². The molecule has 4 rings (SSSR count). The monoisotopic (exact) mass is 367 g/mol. The Morgan fingerprint density at radius 2 is 2.26 bits per heavy atom. The summed E-state index contributed by atoms with van der Waals surface area (Å²) in [4.78, 5) is 22.9. The van der Waals surface area contributed by atoms with Gasteiger partial charge in [0.25, 0.3) is 5.91 Å². The van der Waals surface area contributed by atoms with Gasteiger partial charge in [0, 0.05) is 31.8 Å². The number of ether oxygens (including phenoxy) is 2. The lowest BCUT2D eigenvalue weighted by molar-refractivity contribution is -0.120. The third-order valence-corrected chi connectivity index (χ3v) is 5.51. The van der Waals surface area contributed by atoms with E-state index in [9.17, 15) is 4.79 Å². The highest BCUT2D eigenvalue weighted by Crippen LogP contribution is 2.42. The third kappa shape index (κ3) is 3.87. The van der Waals surface area contributed by atoms with Crippen LogP contribution in [0.25, 0.3) is 0 Å². The molecule has 2 aromatic rings. The molecule has 2 aliphatic heterocycles. The largest absolute Gasteiger partial charge is 0.375 e. The second kappa shape index (κ2) is 7.74. The number of carbonyl (C=O) groups is 1. The molecule has 2 aromatic heterocycles. The molecule has 0 unspecified atom stereocenters. The summed E-state index contributed by atoms with van der Waals surface area (Å²) in [5.74, 6) is 0.471. The molecule has 2 fully saturated rings. The Hall–Kier alpha value is -2.31. The van der Waals surface area contributed by atoms with E-state index in [1.807, 2.05) is 36.1 Å². The molecule has 6 heteroatoms. The first-order chi connectivity index (χ1) is 13.2. The fourth-order valence-corrected chi connectivity index (χ4v) is 4.03. The second-order valence-corrected chi connectivity index (χ2v) is 7.47. The molecule has 6 nitrogen and oxygen atoms in total. The van der Waals surface area contributed by atoms with Crippen molar-refractivity contribution in [3.8, 4) is 0 Å². The lowest BCUT2D eigenvalue weighted by Gasteiger charge is -2.50. The molecule has 0 N–H and O–H groups in total. The number of hydrogen-bond acceptors (Lipinski definition) is 5. The van der Waals surface area contributed by atoms with E-state index in [0.29, 0.717) is 37.8 Å². The minimum atomic E-state index is -0.193. The van der Waals surface area contributed by atoms with Crippen molar-refractivity contribution in [2.75, 3.05) is 26.3 Å². The van der Waals surface area contributed by atoms with Crippen LogP contribution in [0, 0.1) is 12.8 Å². The summed E-state index contributed by atoms with van der Waals surface area (Å²) in [6.07, 6.45) is 7.15. The molecule has 0 bridgehead atoms. The van der Waals surface area contributed by atoms with Crippen molar-refractivity contribution in [3.05, 3.63) is 59.7 Å². The molecule has 142 valence electrons. The van der Waals surface area contributed by atoms with E-state index >= 15 is 0 Å². The number of aryl methyl sites for hydroxylation is 1. The molecular weight excluding hydrogens is 342 g/mol. The number of pyridine rings is 2. The predicted octanol–water partition coefficient (Wildman–Crippen LogP) is 2.62. The fraction of sp³-hybridized carbons (Fsp3) is 0.476. The fourth-order valence-electron chi connectivity index (χ4n) is 4.03. The minimum absolute atomic E-state index is 0.0393. The van der Waals surface area contributed by atoms with Gasteiger partial charge < -0.3 is 14.4 Å².